The Hall–Kier alpha value is -0.630. The Bertz CT molecular complexity index is 452. The maximum absolute atomic E-state index is 11.6. The van der Waals surface area contributed by atoms with Crippen LogP contribution in [0.1, 0.15) is 113 Å². The summed E-state index contributed by atoms with van der Waals surface area (Å²) in [6, 6.07) is 8.14. The number of unbranched alkanes of at least 4 members (excludes halogenated alkanes) is 13. The topological polar surface area (TPSA) is 17.1 Å². The van der Waals surface area contributed by atoms with E-state index in [4.69, 9.17) is 0 Å². The van der Waals surface area contributed by atoms with E-state index in [1.165, 1.54) is 95.5 Å². The molecule has 1 nitrogen and oxygen atoms in total. The van der Waals surface area contributed by atoms with Gasteiger partial charge in [-0.3, -0.25) is 4.79 Å². The van der Waals surface area contributed by atoms with Crippen molar-refractivity contribution in [1.82, 2.24) is 0 Å². The molecular weight excluding hydrogens is 384 g/mol. The molecule has 0 fully saturated rings. The molecule has 2 heteroatoms. The van der Waals surface area contributed by atoms with Crippen molar-refractivity contribution in [3.05, 3.63) is 35.4 Å². The number of hydrogen-bond acceptors (Lipinski definition) is 1. The number of carbonyl (C=O) groups is 1. The second-order valence-corrected chi connectivity index (χ2v) is 8.16. The van der Waals surface area contributed by atoms with Gasteiger partial charge in [0.2, 0.25) is 0 Å². The Morgan fingerprint density at radius 1 is 0.692 bits per heavy atom. The molecule has 1 aromatic rings. The van der Waals surface area contributed by atoms with Crippen LogP contribution in [0, 0.1) is 0 Å². The first kappa shape index (κ1) is 23.4. The minimum absolute atomic E-state index is 0.160. The van der Waals surface area contributed by atoms with Crippen LogP contribution in [0.3, 0.4) is 0 Å². The van der Waals surface area contributed by atoms with Crippen LogP contribution < -0.4 is 0 Å². The molecule has 0 aliphatic carbocycles. The molecule has 0 N–H and O–H groups in total. The van der Waals surface area contributed by atoms with Gasteiger partial charge >= 0.3 is 0 Å². The molecule has 0 radical (unpaired) electrons. The number of aryl methyl sites for hydroxylation is 1. The van der Waals surface area contributed by atoms with Gasteiger partial charge in [0.15, 0.2) is 5.78 Å². The van der Waals surface area contributed by atoms with Gasteiger partial charge < -0.3 is 0 Å². The summed E-state index contributed by atoms with van der Waals surface area (Å²) in [5, 5.41) is 0.408. The van der Waals surface area contributed by atoms with Gasteiger partial charge in [-0.15, -0.1) is 0 Å². The summed E-state index contributed by atoms with van der Waals surface area (Å²) < 4.78 is 0. The van der Waals surface area contributed by atoms with Crippen LogP contribution in [-0.4, -0.2) is 11.1 Å². The van der Waals surface area contributed by atoms with Crippen LogP contribution in [0.25, 0.3) is 0 Å². The molecule has 0 unspecified atom stereocenters. The first-order chi connectivity index (χ1) is 12.8. The fraction of sp³-hybridized carbons (Fsp3) is 0.708. The Morgan fingerprint density at radius 3 is 1.54 bits per heavy atom. The zero-order chi connectivity index (χ0) is 18.9. The molecule has 148 valence electrons. The molecule has 26 heavy (non-hydrogen) atoms. The molecule has 0 saturated carbocycles. The molecule has 0 aliphatic heterocycles. The number of benzene rings is 1. The van der Waals surface area contributed by atoms with E-state index in [1.807, 2.05) is 12.1 Å². The average Bonchev–Trinajstić information content (AvgIpc) is 2.68. The van der Waals surface area contributed by atoms with Crippen molar-refractivity contribution in [2.24, 2.45) is 0 Å². The zero-order valence-corrected chi connectivity index (χ0v) is 18.5. The van der Waals surface area contributed by atoms with Crippen LogP contribution in [0.15, 0.2) is 24.3 Å². The minimum Gasteiger partial charge on any atom is -0.293 e. The molecule has 0 heterocycles. The lowest BCUT2D eigenvalue weighted by Crippen LogP contribution is -1.99. The van der Waals surface area contributed by atoms with Gasteiger partial charge in [0, 0.05) is 5.56 Å². The fourth-order valence-electron chi connectivity index (χ4n) is 3.46. The molecule has 0 spiro atoms. The van der Waals surface area contributed by atoms with Crippen LogP contribution in [-0.2, 0) is 6.42 Å². The Balaban J connectivity index is 1.88. The normalized spacial score (nSPS) is 11.0. The monoisotopic (exact) mass is 422 g/mol. The highest BCUT2D eigenvalue weighted by Gasteiger charge is 2.03. The summed E-state index contributed by atoms with van der Waals surface area (Å²) in [5.74, 6) is 0.160. The third-order valence-corrected chi connectivity index (χ3v) is 5.73. The molecule has 1 rings (SSSR count). The second kappa shape index (κ2) is 16.5. The predicted molar refractivity (Wildman–Crippen MR) is 119 cm³/mol. The lowest BCUT2D eigenvalue weighted by atomic mass is 10.0. The van der Waals surface area contributed by atoms with E-state index in [1.54, 1.807) is 0 Å². The van der Waals surface area contributed by atoms with Crippen LogP contribution in [0.5, 0.6) is 0 Å². The highest BCUT2D eigenvalue weighted by Crippen LogP contribution is 2.14. The number of ketones is 1. The maximum Gasteiger partial charge on any atom is 0.173 e. The van der Waals surface area contributed by atoms with Crippen molar-refractivity contribution in [3.63, 3.8) is 0 Å². The van der Waals surface area contributed by atoms with Crippen LogP contribution in [0.4, 0.5) is 0 Å². The predicted octanol–water partition coefficient (Wildman–Crippen LogP) is 8.29. The number of Topliss-reactive ketones (excluding diaryl/α,β-unsaturated/α-hetero) is 1. The van der Waals surface area contributed by atoms with Gasteiger partial charge in [-0.1, -0.05) is 131 Å². The van der Waals surface area contributed by atoms with E-state index in [0.29, 0.717) is 5.33 Å². The third-order valence-electron chi connectivity index (χ3n) is 5.22. The molecule has 0 bridgehead atoms. The maximum atomic E-state index is 11.6. The Morgan fingerprint density at radius 2 is 1.12 bits per heavy atom. The van der Waals surface area contributed by atoms with Gasteiger partial charge in [0.05, 0.1) is 5.33 Å². The first-order valence-corrected chi connectivity index (χ1v) is 12.1. The van der Waals surface area contributed by atoms with Crippen LogP contribution >= 0.6 is 15.9 Å². The van der Waals surface area contributed by atoms with E-state index < -0.39 is 0 Å². The minimum atomic E-state index is 0.160. The summed E-state index contributed by atoms with van der Waals surface area (Å²) >= 11 is 3.22. The molecule has 0 saturated heterocycles. The van der Waals surface area contributed by atoms with Crippen molar-refractivity contribution in [2.75, 3.05) is 5.33 Å². The zero-order valence-electron chi connectivity index (χ0n) is 16.9. The van der Waals surface area contributed by atoms with Crippen LogP contribution in [0.2, 0.25) is 0 Å². The van der Waals surface area contributed by atoms with E-state index in [2.05, 4.69) is 35.0 Å². The SMILES string of the molecule is CCCCCCCCCCCCCCCCc1ccc(C(=O)CBr)cc1. The molecular formula is C24H39BrO. The average molecular weight is 423 g/mol. The molecule has 0 atom stereocenters. The number of hydrogen-bond donors (Lipinski definition) is 0. The van der Waals surface area contributed by atoms with E-state index in [-0.39, 0.29) is 5.78 Å². The molecule has 1 aromatic carbocycles. The van der Waals surface area contributed by atoms with Gasteiger partial charge in [-0.25, -0.2) is 0 Å². The smallest absolute Gasteiger partial charge is 0.173 e. The number of halogens is 1. The molecule has 0 amide bonds. The number of alkyl halides is 1. The summed E-state index contributed by atoms with van der Waals surface area (Å²) in [5.41, 5.74) is 2.17. The largest absolute Gasteiger partial charge is 0.293 e. The second-order valence-electron chi connectivity index (χ2n) is 7.60. The Labute approximate surface area is 170 Å². The lowest BCUT2D eigenvalue weighted by molar-refractivity contribution is 0.102. The number of carbonyl (C=O) groups excluding carboxylic acids is 1. The highest BCUT2D eigenvalue weighted by molar-refractivity contribution is 9.09. The van der Waals surface area contributed by atoms with Gasteiger partial charge in [0.25, 0.3) is 0 Å². The van der Waals surface area contributed by atoms with Crippen molar-refractivity contribution in [2.45, 2.75) is 103 Å². The third kappa shape index (κ3) is 11.9. The van der Waals surface area contributed by atoms with Crippen molar-refractivity contribution < 1.29 is 4.79 Å². The van der Waals surface area contributed by atoms with E-state index in [0.717, 1.165) is 12.0 Å². The van der Waals surface area contributed by atoms with E-state index in [9.17, 15) is 4.79 Å². The molecule has 0 aliphatic rings. The van der Waals surface area contributed by atoms with Crippen molar-refractivity contribution >= 4 is 21.7 Å². The first-order valence-electron chi connectivity index (χ1n) is 11.0. The fourth-order valence-corrected chi connectivity index (χ4v) is 3.78. The van der Waals surface area contributed by atoms with Crippen molar-refractivity contribution in [3.8, 4) is 0 Å². The summed E-state index contributed by atoms with van der Waals surface area (Å²) in [6.07, 6.45) is 20.8. The highest BCUT2D eigenvalue weighted by atomic mass is 79.9. The molecule has 0 aromatic heterocycles. The quantitative estimate of drug-likeness (QED) is 0.140. The van der Waals surface area contributed by atoms with Gasteiger partial charge in [-0.2, -0.15) is 0 Å². The van der Waals surface area contributed by atoms with Crippen molar-refractivity contribution in [1.29, 1.82) is 0 Å². The number of rotatable bonds is 17. The Kier molecular flexibility index (Phi) is 14.9. The summed E-state index contributed by atoms with van der Waals surface area (Å²) in [6.45, 7) is 2.28. The van der Waals surface area contributed by atoms with E-state index >= 15 is 0 Å². The lowest BCUT2D eigenvalue weighted by Gasteiger charge is -2.04. The van der Waals surface area contributed by atoms with Gasteiger partial charge in [0.1, 0.15) is 0 Å². The summed E-state index contributed by atoms with van der Waals surface area (Å²) in [7, 11) is 0. The van der Waals surface area contributed by atoms with Gasteiger partial charge in [-0.05, 0) is 18.4 Å². The summed E-state index contributed by atoms with van der Waals surface area (Å²) in [4.78, 5) is 11.6. The standard InChI is InChI=1S/C24H39BrO/c1-2-3-4-5-6-7-8-9-10-11-12-13-14-15-16-22-17-19-23(20-18-22)24(26)21-25/h17-20H,2-16,21H2,1H3.